The molecule has 0 atom stereocenters. The molecular formula is C26H20B3F4N3O5. The predicted octanol–water partition coefficient (Wildman–Crippen LogP) is 4.42. The van der Waals surface area contributed by atoms with Crippen molar-refractivity contribution >= 4 is 41.0 Å². The predicted molar refractivity (Wildman–Crippen MR) is 142 cm³/mol. The molecule has 0 saturated heterocycles. The minimum absolute atomic E-state index is 0.00894. The minimum Gasteiger partial charge on any atom is -0.512 e. The van der Waals surface area contributed by atoms with Gasteiger partial charge in [-0.25, -0.2) is 4.39 Å². The molecule has 1 aliphatic rings. The highest BCUT2D eigenvalue weighted by Crippen LogP contribution is 2.42. The average Bonchev–Trinajstić information content (AvgIpc) is 3.39. The van der Waals surface area contributed by atoms with Crippen LogP contribution in [0.15, 0.2) is 48.7 Å². The summed E-state index contributed by atoms with van der Waals surface area (Å²) in [5.41, 5.74) is 5.17. The summed E-state index contributed by atoms with van der Waals surface area (Å²) in [6.45, 7) is 0. The average molecular weight is 563 g/mol. The minimum atomic E-state index is -5.03. The number of alkyl halides is 3. The van der Waals surface area contributed by atoms with Crippen LogP contribution in [0.1, 0.15) is 58.0 Å². The molecule has 3 N–H and O–H groups in total. The highest BCUT2D eigenvalue weighted by molar-refractivity contribution is 6.58. The maximum atomic E-state index is 15.6. The quantitative estimate of drug-likeness (QED) is 0.295. The van der Waals surface area contributed by atoms with Crippen LogP contribution in [0.4, 0.5) is 23.2 Å². The fraction of sp³-hybridized carbons (Fsp3) is 0.269. The molecule has 15 heteroatoms. The Morgan fingerprint density at radius 1 is 0.951 bits per heavy atom. The van der Waals surface area contributed by atoms with E-state index in [2.05, 4.69) is 15.0 Å². The first-order chi connectivity index (χ1) is 19.2. The SMILES string of the molecule is [B]C([B])([B])Oc1cc(OC(F)(F)F)ccc1Oc1cc(C2CCCC2)cc(F)c1C(=O)Nc1ccnc(C(N)=O)c1. The number of pyridine rings is 1. The third-order valence-electron chi connectivity index (χ3n) is 6.06. The zero-order valence-corrected chi connectivity index (χ0v) is 21.3. The second-order valence-corrected chi connectivity index (χ2v) is 9.32. The molecule has 41 heavy (non-hydrogen) atoms. The number of hydrogen-bond donors (Lipinski definition) is 2. The van der Waals surface area contributed by atoms with E-state index < -0.39 is 46.4 Å². The van der Waals surface area contributed by atoms with Crippen LogP contribution >= 0.6 is 0 Å². The number of rotatable bonds is 9. The summed E-state index contributed by atoms with van der Waals surface area (Å²) < 4.78 is 68.9. The molecule has 8 nitrogen and oxygen atoms in total. The molecule has 1 fully saturated rings. The molecule has 0 aliphatic heterocycles. The number of nitrogens with two attached hydrogens (primary N) is 1. The van der Waals surface area contributed by atoms with Crippen LogP contribution in [0.25, 0.3) is 0 Å². The number of nitrogens with zero attached hydrogens (tertiary/aromatic N) is 1. The Balaban J connectivity index is 1.77. The summed E-state index contributed by atoms with van der Waals surface area (Å²) >= 11 is 0. The van der Waals surface area contributed by atoms with Gasteiger partial charge in [0.25, 0.3) is 11.8 Å². The fourth-order valence-electron chi connectivity index (χ4n) is 4.39. The molecule has 6 radical (unpaired) electrons. The monoisotopic (exact) mass is 563 g/mol. The number of halogens is 4. The third kappa shape index (κ3) is 7.95. The lowest BCUT2D eigenvalue weighted by Crippen LogP contribution is -2.37. The van der Waals surface area contributed by atoms with Crippen LogP contribution in [-0.4, -0.2) is 52.0 Å². The molecule has 0 spiro atoms. The molecule has 1 saturated carbocycles. The maximum absolute atomic E-state index is 15.6. The van der Waals surface area contributed by atoms with Crippen LogP contribution in [-0.2, 0) is 0 Å². The zero-order chi connectivity index (χ0) is 29.9. The number of amides is 2. The van der Waals surface area contributed by atoms with Crippen LogP contribution in [0.5, 0.6) is 23.0 Å². The van der Waals surface area contributed by atoms with E-state index in [1.165, 1.54) is 30.5 Å². The van der Waals surface area contributed by atoms with Gasteiger partial charge in [-0.2, -0.15) is 0 Å². The Morgan fingerprint density at radius 2 is 1.66 bits per heavy atom. The molecule has 2 amide bonds. The van der Waals surface area contributed by atoms with Crippen LogP contribution in [0.2, 0.25) is 0 Å². The van der Waals surface area contributed by atoms with Crippen molar-refractivity contribution in [2.24, 2.45) is 5.73 Å². The lowest BCUT2D eigenvalue weighted by atomic mass is 9.52. The van der Waals surface area contributed by atoms with E-state index in [1.54, 1.807) is 0 Å². The third-order valence-corrected chi connectivity index (χ3v) is 6.06. The number of ether oxygens (including phenoxy) is 3. The summed E-state index contributed by atoms with van der Waals surface area (Å²) in [6.07, 6.45) is -0.384. The summed E-state index contributed by atoms with van der Waals surface area (Å²) in [6, 6.07) is 7.92. The topological polar surface area (TPSA) is 113 Å². The maximum Gasteiger partial charge on any atom is 0.573 e. The fourth-order valence-corrected chi connectivity index (χ4v) is 4.39. The van der Waals surface area contributed by atoms with Gasteiger partial charge in [-0.15, -0.1) is 13.2 Å². The van der Waals surface area contributed by atoms with Crippen molar-refractivity contribution in [3.8, 4) is 23.0 Å². The molecule has 1 aliphatic carbocycles. The molecule has 1 heterocycles. The molecular weight excluding hydrogens is 543 g/mol. The normalized spacial score (nSPS) is 14.0. The van der Waals surface area contributed by atoms with E-state index in [0.717, 1.165) is 43.9 Å². The van der Waals surface area contributed by atoms with Gasteiger partial charge in [-0.3, -0.25) is 14.6 Å². The number of carbonyl (C=O) groups excluding carboxylic acids is 2. The number of hydrogen-bond acceptors (Lipinski definition) is 6. The number of aromatic nitrogens is 1. The zero-order valence-electron chi connectivity index (χ0n) is 21.3. The van der Waals surface area contributed by atoms with Gasteiger partial charge in [0.15, 0.2) is 11.5 Å². The van der Waals surface area contributed by atoms with Crippen LogP contribution < -0.4 is 25.3 Å². The van der Waals surface area contributed by atoms with Gasteiger partial charge in [0, 0.05) is 18.0 Å². The smallest absolute Gasteiger partial charge is 0.512 e. The number of benzene rings is 2. The van der Waals surface area contributed by atoms with Crippen molar-refractivity contribution in [2.45, 2.75) is 43.3 Å². The van der Waals surface area contributed by atoms with E-state index in [1.807, 2.05) is 0 Å². The number of primary amides is 1. The summed E-state index contributed by atoms with van der Waals surface area (Å²) in [5.74, 6) is -4.56. The number of nitrogens with one attached hydrogen (secondary N) is 1. The van der Waals surface area contributed by atoms with Crippen molar-refractivity contribution in [2.75, 3.05) is 5.32 Å². The van der Waals surface area contributed by atoms with Crippen molar-refractivity contribution in [3.63, 3.8) is 0 Å². The Labute approximate surface area is 236 Å². The molecule has 1 aromatic heterocycles. The molecule has 0 unspecified atom stereocenters. The lowest BCUT2D eigenvalue weighted by Gasteiger charge is -2.26. The van der Waals surface area contributed by atoms with Gasteiger partial charge in [0.2, 0.25) is 0 Å². The summed E-state index contributed by atoms with van der Waals surface area (Å²) in [7, 11) is 16.5. The van der Waals surface area contributed by atoms with Gasteiger partial charge in [-0.1, -0.05) is 12.8 Å². The first kappa shape index (κ1) is 29.8. The summed E-state index contributed by atoms with van der Waals surface area (Å²) in [5, 5.41) is 0.0987. The van der Waals surface area contributed by atoms with Crippen molar-refractivity contribution in [1.82, 2.24) is 4.98 Å². The van der Waals surface area contributed by atoms with E-state index in [9.17, 15) is 22.8 Å². The van der Waals surface area contributed by atoms with Crippen molar-refractivity contribution in [1.29, 1.82) is 0 Å². The molecule has 3 aromatic rings. The number of anilines is 1. The Hall–Kier alpha value is -4.16. The van der Waals surface area contributed by atoms with Gasteiger partial charge in [0.05, 0.1) is 0 Å². The Kier molecular flexibility index (Phi) is 8.55. The van der Waals surface area contributed by atoms with Crippen molar-refractivity contribution in [3.05, 3.63) is 71.3 Å². The van der Waals surface area contributed by atoms with Gasteiger partial charge >= 0.3 is 6.36 Å². The lowest BCUT2D eigenvalue weighted by molar-refractivity contribution is -0.274. The second-order valence-electron chi connectivity index (χ2n) is 9.32. The Morgan fingerprint density at radius 3 is 2.29 bits per heavy atom. The van der Waals surface area contributed by atoms with Crippen LogP contribution in [0, 0.1) is 5.82 Å². The summed E-state index contributed by atoms with van der Waals surface area (Å²) in [4.78, 5) is 28.5. The molecule has 206 valence electrons. The first-order valence-electron chi connectivity index (χ1n) is 12.2. The Bertz CT molecular complexity index is 1460. The standard InChI is InChI=1S/C26H20B3F4N3O5/c27-25(28,29)41-20-12-16(40-26(31,32)33)5-6-19(20)39-21-10-14(13-3-1-2-4-13)9-17(30)22(21)24(38)36-15-7-8-35-18(11-15)23(34)37/h5-13H,1-4H2,(H2,34,37)(H,35,36,38). The highest BCUT2D eigenvalue weighted by Gasteiger charge is 2.32. The van der Waals surface area contributed by atoms with E-state index >= 15 is 4.39 Å². The van der Waals surface area contributed by atoms with E-state index in [4.69, 9.17) is 38.7 Å². The number of carbonyl (C=O) groups is 2. The largest absolute Gasteiger partial charge is 0.573 e. The van der Waals surface area contributed by atoms with E-state index in [0.29, 0.717) is 5.56 Å². The van der Waals surface area contributed by atoms with Gasteiger partial charge < -0.3 is 25.3 Å². The van der Waals surface area contributed by atoms with Crippen molar-refractivity contribution < 1.29 is 41.4 Å². The molecule has 4 rings (SSSR count). The van der Waals surface area contributed by atoms with E-state index in [-0.39, 0.29) is 28.8 Å². The first-order valence-corrected chi connectivity index (χ1v) is 12.2. The second kappa shape index (κ2) is 11.8. The van der Waals surface area contributed by atoms with Gasteiger partial charge in [0.1, 0.15) is 52.1 Å². The highest BCUT2D eigenvalue weighted by atomic mass is 19.4. The van der Waals surface area contributed by atoms with Crippen LogP contribution in [0.3, 0.4) is 0 Å². The molecule has 0 bridgehead atoms. The van der Waals surface area contributed by atoms with Gasteiger partial charge in [-0.05, 0) is 66.0 Å². The molecule has 2 aromatic carbocycles.